The van der Waals surface area contributed by atoms with Crippen LogP contribution in [0.2, 0.25) is 5.02 Å². The summed E-state index contributed by atoms with van der Waals surface area (Å²) in [5.74, 6) is 0.853. The van der Waals surface area contributed by atoms with Gasteiger partial charge in [0.15, 0.2) is 12.2 Å². The molecule has 0 spiro atoms. The summed E-state index contributed by atoms with van der Waals surface area (Å²) in [5.41, 5.74) is 0.910. The molecule has 4 nitrogen and oxygen atoms in total. The molecule has 1 aromatic carbocycles. The van der Waals surface area contributed by atoms with Gasteiger partial charge in [-0.25, -0.2) is 9.97 Å². The summed E-state index contributed by atoms with van der Waals surface area (Å²) in [5, 5.41) is 2.84. The Bertz CT molecular complexity index is 818. The Hall–Kier alpha value is -2.54. The smallest absolute Gasteiger partial charge is 0.417 e. The van der Waals surface area contributed by atoms with Gasteiger partial charge in [0.1, 0.15) is 5.82 Å². The molecule has 0 aliphatic rings. The van der Waals surface area contributed by atoms with Gasteiger partial charge in [0.05, 0.1) is 16.8 Å². The van der Waals surface area contributed by atoms with Crippen molar-refractivity contribution in [1.29, 1.82) is 0 Å². The van der Waals surface area contributed by atoms with Crippen LogP contribution >= 0.6 is 11.6 Å². The lowest BCUT2D eigenvalue weighted by Crippen LogP contribution is -2.08. The van der Waals surface area contributed by atoms with Crippen molar-refractivity contribution in [2.75, 3.05) is 5.32 Å². The van der Waals surface area contributed by atoms with E-state index in [2.05, 4.69) is 15.3 Å². The summed E-state index contributed by atoms with van der Waals surface area (Å²) in [7, 11) is 0. The summed E-state index contributed by atoms with van der Waals surface area (Å²) in [6.07, 6.45) is -0.755. The number of benzene rings is 1. The van der Waals surface area contributed by atoms with Crippen molar-refractivity contribution in [1.82, 2.24) is 9.97 Å². The van der Waals surface area contributed by atoms with Gasteiger partial charge in [0.2, 0.25) is 0 Å². The van der Waals surface area contributed by atoms with Gasteiger partial charge in [0, 0.05) is 18.3 Å². The summed E-state index contributed by atoms with van der Waals surface area (Å²) in [6, 6.07) is 8.30. The topological polar surface area (TPSA) is 51.0 Å². The highest BCUT2D eigenvalue weighted by atomic mass is 35.5. The average molecular weight is 354 g/mol. The molecule has 2 heterocycles. The van der Waals surface area contributed by atoms with Gasteiger partial charge in [-0.1, -0.05) is 35.9 Å². The van der Waals surface area contributed by atoms with Crippen LogP contribution in [0.25, 0.3) is 11.3 Å². The largest absolute Gasteiger partial charge is 0.444 e. The molecule has 0 radical (unpaired) electrons. The predicted octanol–water partition coefficient (Wildman–Crippen LogP) is 5.02. The van der Waals surface area contributed by atoms with Gasteiger partial charge in [0.25, 0.3) is 0 Å². The lowest BCUT2D eigenvalue weighted by Gasteiger charge is -2.11. The normalized spacial score (nSPS) is 11.5. The van der Waals surface area contributed by atoms with Gasteiger partial charge in [-0.2, -0.15) is 13.2 Å². The highest BCUT2D eigenvalue weighted by molar-refractivity contribution is 6.32. The zero-order valence-electron chi connectivity index (χ0n) is 12.1. The van der Waals surface area contributed by atoms with E-state index < -0.39 is 11.7 Å². The molecule has 3 rings (SSSR count). The number of halogens is 4. The lowest BCUT2D eigenvalue weighted by atomic mass is 10.1. The first-order valence-corrected chi connectivity index (χ1v) is 7.26. The molecule has 0 saturated carbocycles. The van der Waals surface area contributed by atoms with E-state index in [0.29, 0.717) is 12.3 Å². The molecule has 0 aliphatic carbocycles. The molecule has 0 atom stereocenters. The minimum absolute atomic E-state index is 0.0805. The third-order valence-electron chi connectivity index (χ3n) is 3.30. The van der Waals surface area contributed by atoms with Crippen LogP contribution in [-0.2, 0) is 12.7 Å². The van der Waals surface area contributed by atoms with Crippen LogP contribution in [0.3, 0.4) is 0 Å². The second kappa shape index (κ2) is 6.52. The van der Waals surface area contributed by atoms with E-state index in [1.165, 1.54) is 6.39 Å². The van der Waals surface area contributed by atoms with Crippen molar-refractivity contribution >= 4 is 17.4 Å². The number of nitrogens with one attached hydrogen (secondary N) is 1. The van der Waals surface area contributed by atoms with Gasteiger partial charge in [-0.05, 0) is 11.6 Å². The number of hydrogen-bond donors (Lipinski definition) is 1. The van der Waals surface area contributed by atoms with E-state index in [-0.39, 0.29) is 10.8 Å². The zero-order valence-corrected chi connectivity index (χ0v) is 12.9. The van der Waals surface area contributed by atoms with Crippen LogP contribution in [0.15, 0.2) is 53.5 Å². The Kier molecular flexibility index (Phi) is 4.44. The predicted molar refractivity (Wildman–Crippen MR) is 83.5 cm³/mol. The molecule has 0 fully saturated rings. The molecule has 0 saturated heterocycles. The van der Waals surface area contributed by atoms with Gasteiger partial charge in [-0.15, -0.1) is 0 Å². The number of aromatic nitrogens is 2. The SMILES string of the molecule is FC(F)(F)c1cnc(NCc2ccc(-c3cnco3)cc2)c(Cl)c1. The first kappa shape index (κ1) is 16.3. The fourth-order valence-corrected chi connectivity index (χ4v) is 2.29. The molecule has 0 bridgehead atoms. The Morgan fingerprint density at radius 2 is 1.88 bits per heavy atom. The maximum atomic E-state index is 12.6. The fourth-order valence-electron chi connectivity index (χ4n) is 2.05. The maximum absolute atomic E-state index is 12.6. The minimum Gasteiger partial charge on any atom is -0.444 e. The van der Waals surface area contributed by atoms with E-state index in [1.807, 2.05) is 24.3 Å². The Morgan fingerprint density at radius 1 is 1.12 bits per heavy atom. The van der Waals surface area contributed by atoms with Crippen molar-refractivity contribution in [3.05, 3.63) is 65.3 Å². The van der Waals surface area contributed by atoms with Crippen molar-refractivity contribution in [3.63, 3.8) is 0 Å². The molecule has 1 N–H and O–H groups in total. The summed E-state index contributed by atoms with van der Waals surface area (Å²) >= 11 is 5.85. The molecule has 3 aromatic rings. The van der Waals surface area contributed by atoms with Crippen molar-refractivity contribution in [2.45, 2.75) is 12.7 Å². The zero-order chi connectivity index (χ0) is 17.2. The van der Waals surface area contributed by atoms with Crippen LogP contribution in [0, 0.1) is 0 Å². The highest BCUT2D eigenvalue weighted by Crippen LogP contribution is 2.32. The van der Waals surface area contributed by atoms with Crippen molar-refractivity contribution < 1.29 is 17.6 Å². The van der Waals surface area contributed by atoms with Crippen molar-refractivity contribution in [3.8, 4) is 11.3 Å². The van der Waals surface area contributed by atoms with Crippen LogP contribution in [0.1, 0.15) is 11.1 Å². The number of anilines is 1. The molecule has 24 heavy (non-hydrogen) atoms. The third-order valence-corrected chi connectivity index (χ3v) is 3.59. The van der Waals surface area contributed by atoms with Gasteiger partial charge >= 0.3 is 6.18 Å². The quantitative estimate of drug-likeness (QED) is 0.715. The van der Waals surface area contributed by atoms with E-state index >= 15 is 0 Å². The van der Waals surface area contributed by atoms with Crippen LogP contribution in [0.5, 0.6) is 0 Å². The molecule has 0 amide bonds. The van der Waals surface area contributed by atoms with Crippen LogP contribution < -0.4 is 5.32 Å². The Balaban J connectivity index is 1.67. The Morgan fingerprint density at radius 3 is 2.46 bits per heavy atom. The molecule has 2 aromatic heterocycles. The lowest BCUT2D eigenvalue weighted by molar-refractivity contribution is -0.137. The number of rotatable bonds is 4. The molecular weight excluding hydrogens is 343 g/mol. The standard InChI is InChI=1S/C16H11ClF3N3O/c17-13-5-12(16(18,19)20)7-23-15(13)22-6-10-1-3-11(4-2-10)14-8-21-9-24-14/h1-5,7-9H,6H2,(H,22,23). The number of pyridine rings is 1. The highest BCUT2D eigenvalue weighted by Gasteiger charge is 2.31. The third kappa shape index (κ3) is 3.68. The number of alkyl halides is 3. The monoisotopic (exact) mass is 353 g/mol. The summed E-state index contributed by atoms with van der Waals surface area (Å²) in [4.78, 5) is 7.58. The molecule has 0 aliphatic heterocycles. The molecule has 0 unspecified atom stereocenters. The summed E-state index contributed by atoms with van der Waals surface area (Å²) in [6.45, 7) is 0.370. The minimum atomic E-state index is -4.47. The van der Waals surface area contributed by atoms with E-state index in [0.717, 1.165) is 23.4 Å². The van der Waals surface area contributed by atoms with E-state index in [9.17, 15) is 13.2 Å². The van der Waals surface area contributed by atoms with Gasteiger partial charge in [-0.3, -0.25) is 0 Å². The average Bonchev–Trinajstić information content (AvgIpc) is 3.08. The molecule has 124 valence electrons. The van der Waals surface area contributed by atoms with Gasteiger partial charge < -0.3 is 9.73 Å². The number of nitrogens with zero attached hydrogens (tertiary/aromatic N) is 2. The fraction of sp³-hybridized carbons (Fsp3) is 0.125. The van der Waals surface area contributed by atoms with Crippen LogP contribution in [-0.4, -0.2) is 9.97 Å². The van der Waals surface area contributed by atoms with Crippen LogP contribution in [0.4, 0.5) is 19.0 Å². The van der Waals surface area contributed by atoms with E-state index in [4.69, 9.17) is 16.0 Å². The van der Waals surface area contributed by atoms with E-state index in [1.54, 1.807) is 6.20 Å². The Labute approximate surface area is 140 Å². The number of hydrogen-bond acceptors (Lipinski definition) is 4. The first-order chi connectivity index (χ1) is 11.4. The molecule has 8 heteroatoms. The molecular formula is C16H11ClF3N3O. The van der Waals surface area contributed by atoms with Crippen molar-refractivity contribution in [2.24, 2.45) is 0 Å². The second-order valence-corrected chi connectivity index (χ2v) is 5.38. The maximum Gasteiger partial charge on any atom is 0.417 e. The summed E-state index contributed by atoms with van der Waals surface area (Å²) < 4.78 is 42.9. The second-order valence-electron chi connectivity index (χ2n) is 4.97. The first-order valence-electron chi connectivity index (χ1n) is 6.88. The number of oxazole rings is 1.